The molecule has 0 unspecified atom stereocenters. The Hall–Kier alpha value is -3.28. The van der Waals surface area contributed by atoms with Gasteiger partial charge >= 0.3 is 0 Å². The summed E-state index contributed by atoms with van der Waals surface area (Å²) < 4.78 is 3.76. The third-order valence-electron chi connectivity index (χ3n) is 3.30. The highest BCUT2D eigenvalue weighted by molar-refractivity contribution is 5.63. The fourth-order valence-electron chi connectivity index (χ4n) is 2.18. The Bertz CT molecular complexity index is 863. The van der Waals surface area contributed by atoms with Gasteiger partial charge in [-0.1, -0.05) is 0 Å². The maximum absolute atomic E-state index is 4.45. The summed E-state index contributed by atoms with van der Waals surface area (Å²) in [7, 11) is 0. The molecule has 0 saturated heterocycles. The van der Waals surface area contributed by atoms with Gasteiger partial charge in [-0.2, -0.15) is 0 Å². The van der Waals surface area contributed by atoms with Crippen molar-refractivity contribution in [3.05, 3.63) is 74.2 Å². The second-order valence-corrected chi connectivity index (χ2v) is 4.70. The number of hydrogen-bond acceptors (Lipinski definition) is 4. The number of hydrogen-bond donors (Lipinski definition) is 0. The van der Waals surface area contributed by atoms with E-state index in [4.69, 9.17) is 0 Å². The first-order valence-electron chi connectivity index (χ1n) is 6.71. The topological polar surface area (TPSA) is 61.4 Å². The molecule has 1 radical (unpaired) electrons. The normalized spacial score (nSPS) is 10.7. The van der Waals surface area contributed by atoms with Gasteiger partial charge in [-0.15, -0.1) is 0 Å². The molecule has 6 heteroatoms. The van der Waals surface area contributed by atoms with Crippen molar-refractivity contribution in [1.29, 1.82) is 0 Å². The van der Waals surface area contributed by atoms with E-state index in [-0.39, 0.29) is 0 Å². The van der Waals surface area contributed by atoms with Crippen LogP contribution in [0.2, 0.25) is 0 Å². The van der Waals surface area contributed by atoms with E-state index in [1.54, 1.807) is 37.4 Å². The molecule has 6 nitrogen and oxygen atoms in total. The minimum atomic E-state index is 0.819. The summed E-state index contributed by atoms with van der Waals surface area (Å²) in [4.78, 5) is 16.7. The van der Waals surface area contributed by atoms with Gasteiger partial charge in [-0.25, -0.2) is 15.0 Å². The summed E-state index contributed by atoms with van der Waals surface area (Å²) in [6.07, 6.45) is 17.2. The Morgan fingerprint density at radius 1 is 0.909 bits per heavy atom. The molecule has 105 valence electrons. The maximum Gasteiger partial charge on any atom is 0.137 e. The van der Waals surface area contributed by atoms with Crippen molar-refractivity contribution in [3.8, 4) is 22.6 Å². The molecule has 4 heterocycles. The molecule has 4 aromatic heterocycles. The first-order valence-corrected chi connectivity index (χ1v) is 6.71. The van der Waals surface area contributed by atoms with Crippen LogP contribution < -0.4 is 0 Å². The van der Waals surface area contributed by atoms with Crippen molar-refractivity contribution in [2.75, 3.05) is 0 Å². The monoisotopic (exact) mass is 287 g/mol. The van der Waals surface area contributed by atoms with Crippen molar-refractivity contribution in [3.63, 3.8) is 0 Å². The molecule has 0 amide bonds. The Kier molecular flexibility index (Phi) is 2.97. The first kappa shape index (κ1) is 12.5. The first-order chi connectivity index (χ1) is 10.9. The van der Waals surface area contributed by atoms with Crippen LogP contribution >= 0.6 is 0 Å². The predicted octanol–water partition coefficient (Wildman–Crippen LogP) is 2.32. The minimum Gasteiger partial charge on any atom is -0.305 e. The van der Waals surface area contributed by atoms with E-state index in [1.165, 1.54) is 0 Å². The molecule has 4 rings (SSSR count). The second kappa shape index (κ2) is 5.25. The Morgan fingerprint density at radius 3 is 2.41 bits per heavy atom. The molecule has 0 atom stereocenters. The molecule has 22 heavy (non-hydrogen) atoms. The van der Waals surface area contributed by atoms with E-state index in [0.717, 1.165) is 22.6 Å². The van der Waals surface area contributed by atoms with Crippen LogP contribution in [-0.2, 0) is 0 Å². The van der Waals surface area contributed by atoms with Crippen molar-refractivity contribution in [1.82, 2.24) is 29.1 Å². The molecule has 0 saturated carbocycles. The third-order valence-corrected chi connectivity index (χ3v) is 3.30. The van der Waals surface area contributed by atoms with Gasteiger partial charge in [0.1, 0.15) is 12.1 Å². The summed E-state index contributed by atoms with van der Waals surface area (Å²) in [5.41, 5.74) is 2.78. The van der Waals surface area contributed by atoms with E-state index in [1.807, 2.05) is 39.7 Å². The van der Waals surface area contributed by atoms with Gasteiger partial charge in [-0.3, -0.25) is 9.55 Å². The van der Waals surface area contributed by atoms with Crippen LogP contribution in [0.1, 0.15) is 0 Å². The van der Waals surface area contributed by atoms with Crippen LogP contribution in [0.25, 0.3) is 22.6 Å². The lowest BCUT2D eigenvalue weighted by Gasteiger charge is -2.06. The summed E-state index contributed by atoms with van der Waals surface area (Å²) in [6, 6.07) is 5.94. The van der Waals surface area contributed by atoms with Crippen LogP contribution in [0.3, 0.4) is 0 Å². The summed E-state index contributed by atoms with van der Waals surface area (Å²) in [5.74, 6) is 0.819. The Labute approximate surface area is 126 Å². The Balaban J connectivity index is 1.69. The smallest absolute Gasteiger partial charge is 0.137 e. The van der Waals surface area contributed by atoms with Gasteiger partial charge in [0.05, 0.1) is 24.4 Å². The van der Waals surface area contributed by atoms with Crippen LogP contribution in [-0.4, -0.2) is 29.1 Å². The highest BCUT2D eigenvalue weighted by Crippen LogP contribution is 2.20. The number of aromatic nitrogens is 6. The van der Waals surface area contributed by atoms with Crippen molar-refractivity contribution < 1.29 is 0 Å². The molecule has 0 aliphatic rings. The molecule has 0 bridgehead atoms. The fourth-order valence-corrected chi connectivity index (χ4v) is 2.18. The van der Waals surface area contributed by atoms with E-state index >= 15 is 0 Å². The lowest BCUT2D eigenvalue weighted by molar-refractivity contribution is 0.993. The van der Waals surface area contributed by atoms with E-state index in [9.17, 15) is 0 Å². The van der Waals surface area contributed by atoms with Gasteiger partial charge in [0.25, 0.3) is 0 Å². The quantitative estimate of drug-likeness (QED) is 0.580. The number of nitrogens with zero attached hydrogens (tertiary/aromatic N) is 6. The summed E-state index contributed by atoms with van der Waals surface area (Å²) in [6.45, 7) is 0. The molecule has 0 aliphatic heterocycles. The molecule has 0 fully saturated rings. The molecule has 0 aromatic carbocycles. The average Bonchev–Trinajstić information content (AvgIpc) is 3.29. The minimum absolute atomic E-state index is 0.819. The van der Waals surface area contributed by atoms with Crippen LogP contribution in [0, 0.1) is 6.20 Å². The van der Waals surface area contributed by atoms with Gasteiger partial charge in [-0.05, 0) is 18.2 Å². The van der Waals surface area contributed by atoms with E-state index in [2.05, 4.69) is 26.1 Å². The molecule has 0 N–H and O–H groups in total. The zero-order valence-electron chi connectivity index (χ0n) is 11.5. The predicted molar refractivity (Wildman–Crippen MR) is 80.5 cm³/mol. The lowest BCUT2D eigenvalue weighted by Crippen LogP contribution is -1.95. The average molecular weight is 287 g/mol. The van der Waals surface area contributed by atoms with E-state index in [0.29, 0.717) is 0 Å². The standard InChI is InChI=1S/C16H11N6/c1-2-16(22-6-4-18-12-22)20-9-13(1)14-7-15(10-19-8-14)21-5-3-17-11-21/h1-7,9-12H. The van der Waals surface area contributed by atoms with Crippen molar-refractivity contribution >= 4 is 0 Å². The highest BCUT2D eigenvalue weighted by Gasteiger charge is 2.04. The second-order valence-electron chi connectivity index (χ2n) is 4.70. The largest absolute Gasteiger partial charge is 0.305 e. The number of rotatable bonds is 3. The molecule has 4 aromatic rings. The number of imidazole rings is 2. The van der Waals surface area contributed by atoms with Crippen LogP contribution in [0.15, 0.2) is 68.0 Å². The molecular weight excluding hydrogens is 276 g/mol. The van der Waals surface area contributed by atoms with Gasteiger partial charge in [0, 0.05) is 42.1 Å². The highest BCUT2D eigenvalue weighted by atomic mass is 15.1. The van der Waals surface area contributed by atoms with Gasteiger partial charge in [0.2, 0.25) is 0 Å². The van der Waals surface area contributed by atoms with E-state index < -0.39 is 0 Å². The SMILES string of the molecule is [c]1ncc(-n2ccnc2)cc1-c1ccc(-n2ccnc2)nc1. The Morgan fingerprint density at radius 2 is 1.73 bits per heavy atom. The van der Waals surface area contributed by atoms with Gasteiger partial charge < -0.3 is 4.57 Å². The zero-order chi connectivity index (χ0) is 14.8. The zero-order valence-corrected chi connectivity index (χ0v) is 11.5. The van der Waals surface area contributed by atoms with Crippen LogP contribution in [0.4, 0.5) is 0 Å². The van der Waals surface area contributed by atoms with Crippen molar-refractivity contribution in [2.24, 2.45) is 0 Å². The summed E-state index contributed by atoms with van der Waals surface area (Å²) in [5, 5.41) is 0. The third kappa shape index (κ3) is 2.26. The molecular formula is C16H11N6. The molecule has 0 aliphatic carbocycles. The lowest BCUT2D eigenvalue weighted by atomic mass is 10.1. The summed E-state index contributed by atoms with van der Waals surface area (Å²) >= 11 is 0. The fraction of sp³-hybridized carbons (Fsp3) is 0. The van der Waals surface area contributed by atoms with Crippen molar-refractivity contribution in [2.45, 2.75) is 0 Å². The molecule has 0 spiro atoms. The number of pyridine rings is 2. The van der Waals surface area contributed by atoms with Crippen LogP contribution in [0.5, 0.6) is 0 Å². The van der Waals surface area contributed by atoms with Gasteiger partial charge in [0.15, 0.2) is 0 Å². The maximum atomic E-state index is 4.45.